The summed E-state index contributed by atoms with van der Waals surface area (Å²) < 4.78 is 10.7. The molecule has 0 saturated carbocycles. The van der Waals surface area contributed by atoms with E-state index in [4.69, 9.17) is 9.47 Å². The minimum absolute atomic E-state index is 0.156. The molecule has 1 aromatic heterocycles. The van der Waals surface area contributed by atoms with E-state index in [-0.39, 0.29) is 5.91 Å². The van der Waals surface area contributed by atoms with E-state index in [9.17, 15) is 4.79 Å². The molecule has 0 radical (unpaired) electrons. The molecule has 1 aliphatic rings. The summed E-state index contributed by atoms with van der Waals surface area (Å²) in [5.41, 5.74) is 1.31. The van der Waals surface area contributed by atoms with E-state index < -0.39 is 0 Å². The minimum Gasteiger partial charge on any atom is -0.494 e. The van der Waals surface area contributed by atoms with E-state index in [1.807, 2.05) is 37.3 Å². The van der Waals surface area contributed by atoms with Gasteiger partial charge in [-0.3, -0.25) is 4.79 Å². The number of carbonyl (C=O) groups is 1. The second-order valence-electron chi connectivity index (χ2n) is 5.41. The fourth-order valence-corrected chi connectivity index (χ4v) is 2.53. The maximum absolute atomic E-state index is 12.4. The Morgan fingerprint density at radius 1 is 1.25 bits per heavy atom. The molecular weight excluding hydrogens is 306 g/mol. The van der Waals surface area contributed by atoms with Crippen LogP contribution in [0, 0.1) is 0 Å². The first-order valence-corrected chi connectivity index (χ1v) is 8.09. The number of pyridine rings is 1. The molecule has 0 spiro atoms. The Bertz CT molecular complexity index is 682. The maximum Gasteiger partial charge on any atom is 0.255 e. The van der Waals surface area contributed by atoms with Crippen molar-refractivity contribution in [3.05, 3.63) is 48.2 Å². The van der Waals surface area contributed by atoms with Crippen LogP contribution in [0.1, 0.15) is 17.3 Å². The van der Waals surface area contributed by atoms with E-state index in [0.717, 1.165) is 30.3 Å². The first-order chi connectivity index (χ1) is 11.8. The normalized spacial score (nSPS) is 14.3. The van der Waals surface area contributed by atoms with Gasteiger partial charge in [-0.05, 0) is 43.3 Å². The van der Waals surface area contributed by atoms with Gasteiger partial charge in [0, 0.05) is 30.5 Å². The Balaban J connectivity index is 1.68. The van der Waals surface area contributed by atoms with Crippen LogP contribution in [0.15, 0.2) is 42.6 Å². The van der Waals surface area contributed by atoms with Crippen molar-refractivity contribution in [2.75, 3.05) is 43.1 Å². The lowest BCUT2D eigenvalue weighted by Crippen LogP contribution is -2.36. The Kier molecular flexibility index (Phi) is 5.28. The highest BCUT2D eigenvalue weighted by Gasteiger charge is 2.14. The molecular formula is C18H21N3O3. The zero-order valence-corrected chi connectivity index (χ0v) is 13.7. The fourth-order valence-electron chi connectivity index (χ4n) is 2.53. The molecule has 1 amide bonds. The monoisotopic (exact) mass is 327 g/mol. The number of morpholine rings is 1. The number of amides is 1. The largest absolute Gasteiger partial charge is 0.494 e. The summed E-state index contributed by atoms with van der Waals surface area (Å²) in [5.74, 6) is 1.43. The van der Waals surface area contributed by atoms with Gasteiger partial charge in [-0.2, -0.15) is 0 Å². The van der Waals surface area contributed by atoms with Crippen molar-refractivity contribution in [1.82, 2.24) is 4.98 Å². The van der Waals surface area contributed by atoms with Crippen molar-refractivity contribution in [2.45, 2.75) is 6.92 Å². The average Bonchev–Trinajstić information content (AvgIpc) is 2.64. The summed E-state index contributed by atoms with van der Waals surface area (Å²) in [5, 5.41) is 2.89. The van der Waals surface area contributed by atoms with Crippen LogP contribution in [-0.2, 0) is 4.74 Å². The third-order valence-electron chi connectivity index (χ3n) is 3.77. The van der Waals surface area contributed by atoms with E-state index in [2.05, 4.69) is 15.2 Å². The SMILES string of the molecule is CCOc1ccc(NC(=O)c2ccnc(N3CCOCC3)c2)cc1. The number of nitrogens with zero attached hydrogens (tertiary/aromatic N) is 2. The zero-order chi connectivity index (χ0) is 16.8. The van der Waals surface area contributed by atoms with Crippen LogP contribution in [0.2, 0.25) is 0 Å². The molecule has 0 atom stereocenters. The van der Waals surface area contributed by atoms with Crippen LogP contribution in [0.3, 0.4) is 0 Å². The maximum atomic E-state index is 12.4. The standard InChI is InChI=1S/C18H21N3O3/c1-2-24-16-5-3-15(4-6-16)20-18(22)14-7-8-19-17(13-14)21-9-11-23-12-10-21/h3-8,13H,2,9-12H2,1H3,(H,20,22). The highest BCUT2D eigenvalue weighted by atomic mass is 16.5. The Labute approximate surface area is 141 Å². The average molecular weight is 327 g/mol. The van der Waals surface area contributed by atoms with Crippen molar-refractivity contribution in [3.8, 4) is 5.75 Å². The molecule has 2 heterocycles. The van der Waals surface area contributed by atoms with E-state index >= 15 is 0 Å². The lowest BCUT2D eigenvalue weighted by Gasteiger charge is -2.27. The molecule has 0 aliphatic carbocycles. The summed E-state index contributed by atoms with van der Waals surface area (Å²) in [7, 11) is 0. The molecule has 1 fully saturated rings. The van der Waals surface area contributed by atoms with Crippen LogP contribution < -0.4 is 15.0 Å². The number of anilines is 2. The van der Waals surface area contributed by atoms with Crippen molar-refractivity contribution in [2.24, 2.45) is 0 Å². The quantitative estimate of drug-likeness (QED) is 0.914. The third-order valence-corrected chi connectivity index (χ3v) is 3.77. The second kappa shape index (κ2) is 7.79. The molecule has 126 valence electrons. The molecule has 0 unspecified atom stereocenters. The van der Waals surface area contributed by atoms with Crippen LogP contribution in [-0.4, -0.2) is 43.8 Å². The predicted octanol–water partition coefficient (Wildman–Crippen LogP) is 2.57. The van der Waals surface area contributed by atoms with Crippen LogP contribution in [0.4, 0.5) is 11.5 Å². The summed E-state index contributed by atoms with van der Waals surface area (Å²) in [6, 6.07) is 10.9. The van der Waals surface area contributed by atoms with Crippen LogP contribution in [0.25, 0.3) is 0 Å². The van der Waals surface area contributed by atoms with Crippen molar-refractivity contribution < 1.29 is 14.3 Å². The summed E-state index contributed by atoms with van der Waals surface area (Å²) >= 11 is 0. The Hall–Kier alpha value is -2.60. The van der Waals surface area contributed by atoms with Gasteiger partial charge in [0.2, 0.25) is 0 Å². The van der Waals surface area contributed by atoms with Gasteiger partial charge in [0.1, 0.15) is 11.6 Å². The second-order valence-corrected chi connectivity index (χ2v) is 5.41. The Morgan fingerprint density at radius 2 is 2.00 bits per heavy atom. The number of hydrogen-bond acceptors (Lipinski definition) is 5. The van der Waals surface area contributed by atoms with E-state index in [1.54, 1.807) is 12.3 Å². The van der Waals surface area contributed by atoms with Crippen molar-refractivity contribution in [3.63, 3.8) is 0 Å². The highest BCUT2D eigenvalue weighted by molar-refractivity contribution is 6.04. The lowest BCUT2D eigenvalue weighted by atomic mass is 10.2. The molecule has 1 saturated heterocycles. The number of rotatable bonds is 5. The molecule has 6 nitrogen and oxygen atoms in total. The Morgan fingerprint density at radius 3 is 2.71 bits per heavy atom. The van der Waals surface area contributed by atoms with Gasteiger partial charge in [0.25, 0.3) is 5.91 Å². The minimum atomic E-state index is -0.156. The molecule has 2 aromatic rings. The molecule has 24 heavy (non-hydrogen) atoms. The summed E-state index contributed by atoms with van der Waals surface area (Å²) in [6.45, 7) is 5.50. The molecule has 6 heteroatoms. The third kappa shape index (κ3) is 4.02. The number of aromatic nitrogens is 1. The smallest absolute Gasteiger partial charge is 0.255 e. The molecule has 1 N–H and O–H groups in total. The van der Waals surface area contributed by atoms with Gasteiger partial charge in [-0.1, -0.05) is 0 Å². The van der Waals surface area contributed by atoms with Crippen LogP contribution >= 0.6 is 0 Å². The lowest BCUT2D eigenvalue weighted by molar-refractivity contribution is 0.102. The van der Waals surface area contributed by atoms with E-state index in [1.165, 1.54) is 0 Å². The van der Waals surface area contributed by atoms with Gasteiger partial charge >= 0.3 is 0 Å². The predicted molar refractivity (Wildman–Crippen MR) is 92.8 cm³/mol. The molecule has 1 aliphatic heterocycles. The molecule has 0 bridgehead atoms. The van der Waals surface area contributed by atoms with Gasteiger partial charge in [0.15, 0.2) is 0 Å². The first kappa shape index (κ1) is 16.3. The number of nitrogens with one attached hydrogen (secondary N) is 1. The van der Waals surface area contributed by atoms with Crippen molar-refractivity contribution in [1.29, 1.82) is 0 Å². The number of hydrogen-bond donors (Lipinski definition) is 1. The molecule has 3 rings (SSSR count). The van der Waals surface area contributed by atoms with Crippen molar-refractivity contribution >= 4 is 17.4 Å². The number of carbonyl (C=O) groups excluding carboxylic acids is 1. The summed E-state index contributed by atoms with van der Waals surface area (Å²) in [4.78, 5) is 18.9. The van der Waals surface area contributed by atoms with Gasteiger partial charge in [-0.25, -0.2) is 4.98 Å². The van der Waals surface area contributed by atoms with Crippen LogP contribution in [0.5, 0.6) is 5.75 Å². The van der Waals surface area contributed by atoms with Gasteiger partial charge < -0.3 is 19.7 Å². The number of benzene rings is 1. The highest BCUT2D eigenvalue weighted by Crippen LogP contribution is 2.18. The summed E-state index contributed by atoms with van der Waals surface area (Å²) in [6.07, 6.45) is 1.66. The fraction of sp³-hybridized carbons (Fsp3) is 0.333. The topological polar surface area (TPSA) is 63.7 Å². The van der Waals surface area contributed by atoms with E-state index in [0.29, 0.717) is 25.4 Å². The number of ether oxygens (including phenoxy) is 2. The van der Waals surface area contributed by atoms with Gasteiger partial charge in [0.05, 0.1) is 19.8 Å². The zero-order valence-electron chi connectivity index (χ0n) is 13.7. The first-order valence-electron chi connectivity index (χ1n) is 8.09. The van der Waals surface area contributed by atoms with Gasteiger partial charge in [-0.15, -0.1) is 0 Å². The molecule has 1 aromatic carbocycles.